The van der Waals surface area contributed by atoms with E-state index in [0.717, 1.165) is 0 Å². The standard InChI is InChI=1S/C12H14N3O9PS/c16-10(13-8-25(18,19)20)6-7-23-11-12(15(17)24-14-11)26(21,22)9-4-2-1-3-5-9/h1-5H,6-8H2,(H,13,16)(H2,18,19,20). The van der Waals surface area contributed by atoms with Gasteiger partial charge in [-0.3, -0.25) is 14.0 Å². The molecule has 1 heterocycles. The van der Waals surface area contributed by atoms with Crippen molar-refractivity contribution in [3.05, 3.63) is 35.5 Å². The Labute approximate surface area is 147 Å². The highest BCUT2D eigenvalue weighted by Gasteiger charge is 2.35. The lowest BCUT2D eigenvalue weighted by molar-refractivity contribution is -0.832. The number of hydrogen-bond acceptors (Lipinski definition) is 8. The summed E-state index contributed by atoms with van der Waals surface area (Å²) in [6.45, 7) is -0.406. The lowest BCUT2D eigenvalue weighted by atomic mass is 10.4. The minimum Gasteiger partial charge on any atom is -0.454 e. The Hall–Kier alpha value is -2.47. The van der Waals surface area contributed by atoms with Gasteiger partial charge in [-0.25, -0.2) is 8.42 Å². The first kappa shape index (κ1) is 19.8. The van der Waals surface area contributed by atoms with Gasteiger partial charge in [-0.05, 0) is 17.0 Å². The molecule has 2 aromatic rings. The Kier molecular flexibility index (Phi) is 5.97. The molecule has 1 aromatic carbocycles. The van der Waals surface area contributed by atoms with E-state index in [4.69, 9.17) is 14.5 Å². The van der Waals surface area contributed by atoms with E-state index in [0.29, 0.717) is 0 Å². The number of nitrogens with zero attached hydrogens (tertiary/aromatic N) is 2. The topological polar surface area (TPSA) is 183 Å². The van der Waals surface area contributed by atoms with Crippen LogP contribution in [0.5, 0.6) is 5.88 Å². The molecule has 2 rings (SSSR count). The van der Waals surface area contributed by atoms with Gasteiger partial charge in [0.2, 0.25) is 5.91 Å². The van der Waals surface area contributed by atoms with Crippen molar-refractivity contribution in [2.45, 2.75) is 16.3 Å². The fraction of sp³-hybridized carbons (Fsp3) is 0.250. The minimum atomic E-state index is -4.39. The zero-order valence-electron chi connectivity index (χ0n) is 13.0. The van der Waals surface area contributed by atoms with Crippen molar-refractivity contribution < 1.29 is 41.8 Å². The minimum absolute atomic E-state index is 0.183. The average Bonchev–Trinajstić information content (AvgIpc) is 2.94. The van der Waals surface area contributed by atoms with Gasteiger partial charge in [-0.15, -0.1) is 0 Å². The second kappa shape index (κ2) is 7.83. The Balaban J connectivity index is 2.07. The van der Waals surface area contributed by atoms with Crippen molar-refractivity contribution in [2.75, 3.05) is 12.9 Å². The van der Waals surface area contributed by atoms with Crippen LogP contribution in [0.1, 0.15) is 6.42 Å². The van der Waals surface area contributed by atoms with Gasteiger partial charge in [0.15, 0.2) is 0 Å². The number of carbonyl (C=O) groups is 1. The number of aromatic nitrogens is 2. The van der Waals surface area contributed by atoms with Gasteiger partial charge in [-0.2, -0.15) is 0 Å². The maximum atomic E-state index is 12.5. The van der Waals surface area contributed by atoms with Gasteiger partial charge in [0.05, 0.1) is 16.5 Å². The summed E-state index contributed by atoms with van der Waals surface area (Å²) in [6.07, 6.45) is -1.21. The van der Waals surface area contributed by atoms with E-state index in [9.17, 15) is 23.0 Å². The van der Waals surface area contributed by atoms with E-state index < -0.39 is 47.1 Å². The molecule has 0 spiro atoms. The van der Waals surface area contributed by atoms with Crippen molar-refractivity contribution in [3.8, 4) is 5.88 Å². The van der Waals surface area contributed by atoms with Crippen LogP contribution in [0, 0.1) is 5.21 Å². The lowest BCUT2D eigenvalue weighted by Gasteiger charge is -2.06. The summed E-state index contributed by atoms with van der Waals surface area (Å²) in [5, 5.41) is 15.9. The third-order valence-electron chi connectivity index (χ3n) is 2.90. The summed E-state index contributed by atoms with van der Waals surface area (Å²) in [6, 6.07) is 7.04. The summed E-state index contributed by atoms with van der Waals surface area (Å²) >= 11 is 0. The predicted molar refractivity (Wildman–Crippen MR) is 82.5 cm³/mol. The maximum Gasteiger partial charge on any atom is 0.414 e. The summed E-state index contributed by atoms with van der Waals surface area (Å²) < 4.78 is 44.9. The van der Waals surface area contributed by atoms with E-state index >= 15 is 0 Å². The molecule has 0 fully saturated rings. The SMILES string of the molecule is O=C(CCOc1no[n+]([O-])c1S(=O)(=O)c1ccccc1)NCP(=O)(O)O. The highest BCUT2D eigenvalue weighted by atomic mass is 32.2. The van der Waals surface area contributed by atoms with Crippen LogP contribution < -0.4 is 15.0 Å². The first-order chi connectivity index (χ1) is 12.1. The van der Waals surface area contributed by atoms with E-state index in [1.165, 1.54) is 24.3 Å². The molecule has 0 bridgehead atoms. The van der Waals surface area contributed by atoms with Crippen molar-refractivity contribution >= 4 is 23.3 Å². The van der Waals surface area contributed by atoms with Crippen LogP contribution >= 0.6 is 7.60 Å². The molecule has 0 aliphatic carbocycles. The van der Waals surface area contributed by atoms with Crippen molar-refractivity contribution in [2.24, 2.45) is 0 Å². The number of rotatable bonds is 8. The monoisotopic (exact) mass is 407 g/mol. The third kappa shape index (κ3) is 5.02. The van der Waals surface area contributed by atoms with Gasteiger partial charge < -0.3 is 25.0 Å². The van der Waals surface area contributed by atoms with Crippen LogP contribution in [0.4, 0.5) is 0 Å². The fourth-order valence-electron chi connectivity index (χ4n) is 1.76. The van der Waals surface area contributed by atoms with E-state index in [-0.39, 0.29) is 16.2 Å². The molecule has 3 N–H and O–H groups in total. The first-order valence-corrected chi connectivity index (χ1v) is 10.2. The summed E-state index contributed by atoms with van der Waals surface area (Å²) in [7, 11) is -8.67. The molecule has 0 unspecified atom stereocenters. The molecule has 0 saturated carbocycles. The Morgan fingerprint density at radius 1 is 1.35 bits per heavy atom. The molecule has 0 aliphatic rings. The molecule has 142 valence electrons. The molecule has 12 nitrogen and oxygen atoms in total. The summed E-state index contributed by atoms with van der Waals surface area (Å²) in [5.41, 5.74) is 0. The smallest absolute Gasteiger partial charge is 0.414 e. The van der Waals surface area contributed by atoms with Gasteiger partial charge >= 0.3 is 18.5 Å². The van der Waals surface area contributed by atoms with Crippen LogP contribution in [0.25, 0.3) is 0 Å². The number of sulfone groups is 1. The molecule has 26 heavy (non-hydrogen) atoms. The Bertz CT molecular complexity index is 923. The Morgan fingerprint density at radius 3 is 2.62 bits per heavy atom. The van der Waals surface area contributed by atoms with Gasteiger partial charge in [0.25, 0.3) is 9.84 Å². The van der Waals surface area contributed by atoms with Crippen LogP contribution in [0.15, 0.2) is 44.9 Å². The number of hydrogen-bond donors (Lipinski definition) is 3. The molecule has 0 radical (unpaired) electrons. The number of ether oxygens (including phenoxy) is 1. The highest BCUT2D eigenvalue weighted by molar-refractivity contribution is 7.91. The number of nitrogens with one attached hydrogen (secondary N) is 1. The summed E-state index contributed by atoms with van der Waals surface area (Å²) in [5.74, 6) is -1.38. The average molecular weight is 407 g/mol. The zero-order valence-corrected chi connectivity index (χ0v) is 14.7. The molecular formula is C12H14N3O9PS. The second-order valence-corrected chi connectivity index (χ2v) is 8.39. The van der Waals surface area contributed by atoms with Crippen LogP contribution in [0.3, 0.4) is 0 Å². The molecule has 14 heteroatoms. The van der Waals surface area contributed by atoms with Crippen LogP contribution in [0.2, 0.25) is 0 Å². The van der Waals surface area contributed by atoms with Crippen molar-refractivity contribution in [1.82, 2.24) is 10.5 Å². The lowest BCUT2D eigenvalue weighted by Crippen LogP contribution is -2.31. The predicted octanol–water partition coefficient (Wildman–Crippen LogP) is -0.839. The Morgan fingerprint density at radius 2 is 2.00 bits per heavy atom. The first-order valence-electron chi connectivity index (χ1n) is 6.95. The zero-order chi connectivity index (χ0) is 19.4. The molecule has 0 atom stereocenters. The van der Waals surface area contributed by atoms with Crippen molar-refractivity contribution in [3.63, 3.8) is 0 Å². The fourth-order valence-corrected chi connectivity index (χ4v) is 3.44. The van der Waals surface area contributed by atoms with Crippen molar-refractivity contribution in [1.29, 1.82) is 0 Å². The van der Waals surface area contributed by atoms with Crippen LogP contribution in [-0.4, -0.2) is 42.2 Å². The molecule has 1 amide bonds. The molecule has 1 aromatic heterocycles. The highest BCUT2D eigenvalue weighted by Crippen LogP contribution is 2.31. The largest absolute Gasteiger partial charge is 0.454 e. The number of benzene rings is 1. The third-order valence-corrected chi connectivity index (χ3v) is 5.20. The molecule has 0 saturated heterocycles. The number of carbonyl (C=O) groups excluding carboxylic acids is 1. The number of amides is 1. The van der Waals surface area contributed by atoms with Gasteiger partial charge in [0, 0.05) is 0 Å². The molecule has 0 aliphatic heterocycles. The van der Waals surface area contributed by atoms with E-state index in [1.807, 2.05) is 5.32 Å². The summed E-state index contributed by atoms with van der Waals surface area (Å²) in [4.78, 5) is 28.2. The molecular weight excluding hydrogens is 393 g/mol. The van der Waals surface area contributed by atoms with E-state index in [2.05, 4.69) is 9.79 Å². The normalized spacial score (nSPS) is 11.9. The second-order valence-electron chi connectivity index (χ2n) is 4.88. The van der Waals surface area contributed by atoms with E-state index in [1.54, 1.807) is 6.07 Å². The maximum absolute atomic E-state index is 12.5. The van der Waals surface area contributed by atoms with Gasteiger partial charge in [0.1, 0.15) is 12.9 Å². The van der Waals surface area contributed by atoms with Crippen LogP contribution in [-0.2, 0) is 19.2 Å². The van der Waals surface area contributed by atoms with Gasteiger partial charge in [-0.1, -0.05) is 18.2 Å². The quantitative estimate of drug-likeness (QED) is 0.368.